The first kappa shape index (κ1) is 18.8. The minimum Gasteiger partial charge on any atom is -0.383 e. The van der Waals surface area contributed by atoms with Crippen molar-refractivity contribution in [2.24, 2.45) is 0 Å². The Morgan fingerprint density at radius 3 is 2.71 bits per heavy atom. The van der Waals surface area contributed by atoms with Crippen molar-refractivity contribution in [1.82, 2.24) is 10.2 Å². The van der Waals surface area contributed by atoms with Gasteiger partial charge in [0.25, 0.3) is 0 Å². The third kappa shape index (κ3) is 7.52. The first-order valence-corrected chi connectivity index (χ1v) is 8.90. The first-order valence-electron chi connectivity index (χ1n) is 7.54. The van der Waals surface area contributed by atoms with Crippen LogP contribution in [0.25, 0.3) is 0 Å². The highest BCUT2D eigenvalue weighted by Gasteiger charge is 2.06. The van der Waals surface area contributed by atoms with Crippen LogP contribution in [-0.4, -0.2) is 50.5 Å². The van der Waals surface area contributed by atoms with E-state index in [2.05, 4.69) is 36.2 Å². The summed E-state index contributed by atoms with van der Waals surface area (Å²) in [6.45, 7) is 10.2. The Hall–Kier alpha value is -0.260. The van der Waals surface area contributed by atoms with Gasteiger partial charge in [-0.2, -0.15) is 0 Å². The second kappa shape index (κ2) is 11.3. The van der Waals surface area contributed by atoms with Crippen LogP contribution in [0.3, 0.4) is 0 Å². The lowest BCUT2D eigenvalue weighted by Gasteiger charge is -2.18. The van der Waals surface area contributed by atoms with E-state index in [9.17, 15) is 0 Å². The van der Waals surface area contributed by atoms with Crippen LogP contribution in [0.5, 0.6) is 0 Å². The Bertz CT molecular complexity index is 400. The van der Waals surface area contributed by atoms with E-state index in [-0.39, 0.29) is 0 Å². The third-order valence-corrected chi connectivity index (χ3v) is 4.70. The molecular weight excluding hydrogens is 304 g/mol. The highest BCUT2D eigenvalue weighted by atomic mass is 35.5. The number of hydrogen-bond acceptors (Lipinski definition) is 4. The van der Waals surface area contributed by atoms with Gasteiger partial charge in [-0.1, -0.05) is 31.5 Å². The molecule has 0 radical (unpaired) electrons. The number of thioether (sulfide) groups is 1. The van der Waals surface area contributed by atoms with Gasteiger partial charge in [0.15, 0.2) is 0 Å². The lowest BCUT2D eigenvalue weighted by atomic mass is 10.2. The molecule has 0 aliphatic heterocycles. The minimum atomic E-state index is 0.734. The average molecular weight is 331 g/mol. The Balaban J connectivity index is 2.51. The summed E-state index contributed by atoms with van der Waals surface area (Å²) in [6.07, 6.45) is 0. The molecule has 1 aromatic rings. The molecule has 0 aromatic heterocycles. The molecule has 1 N–H and O–H groups in total. The van der Waals surface area contributed by atoms with Crippen molar-refractivity contribution in [1.29, 1.82) is 0 Å². The standard InChI is InChI=1S/C16H27ClN2OS/c1-4-19(5-2)9-11-21-16-12-15(17)7-6-14(16)13-18-8-10-20-3/h6-7,12,18H,4-5,8-11,13H2,1-3H3. The van der Waals surface area contributed by atoms with Gasteiger partial charge >= 0.3 is 0 Å². The van der Waals surface area contributed by atoms with E-state index in [0.29, 0.717) is 0 Å². The van der Waals surface area contributed by atoms with Gasteiger partial charge in [-0.05, 0) is 30.8 Å². The molecule has 0 aliphatic carbocycles. The van der Waals surface area contributed by atoms with Crippen molar-refractivity contribution in [2.45, 2.75) is 25.3 Å². The second-order valence-corrected chi connectivity index (χ2v) is 6.37. The lowest BCUT2D eigenvalue weighted by Crippen LogP contribution is -2.25. The number of halogens is 1. The van der Waals surface area contributed by atoms with Gasteiger partial charge in [0.2, 0.25) is 0 Å². The van der Waals surface area contributed by atoms with Crippen molar-refractivity contribution in [3.63, 3.8) is 0 Å². The first-order chi connectivity index (χ1) is 10.2. The molecule has 0 unspecified atom stereocenters. The fraction of sp³-hybridized carbons (Fsp3) is 0.625. The number of rotatable bonds is 11. The van der Waals surface area contributed by atoms with Gasteiger partial charge in [0.05, 0.1) is 6.61 Å². The van der Waals surface area contributed by atoms with Crippen LogP contribution in [0.15, 0.2) is 23.1 Å². The molecule has 0 bridgehead atoms. The number of hydrogen-bond donors (Lipinski definition) is 1. The quantitative estimate of drug-likeness (QED) is 0.495. The summed E-state index contributed by atoms with van der Waals surface area (Å²) in [6, 6.07) is 6.15. The van der Waals surface area contributed by atoms with E-state index in [0.717, 1.165) is 50.1 Å². The zero-order chi connectivity index (χ0) is 15.5. The minimum absolute atomic E-state index is 0.734. The summed E-state index contributed by atoms with van der Waals surface area (Å²) in [7, 11) is 1.72. The van der Waals surface area contributed by atoms with Crippen molar-refractivity contribution in [3.8, 4) is 0 Å². The molecule has 21 heavy (non-hydrogen) atoms. The molecule has 0 aliphatic rings. The van der Waals surface area contributed by atoms with Gasteiger partial charge in [0.1, 0.15) is 0 Å². The summed E-state index contributed by atoms with van der Waals surface area (Å²) in [5, 5.41) is 4.20. The molecule has 0 heterocycles. The molecule has 120 valence electrons. The molecular formula is C16H27ClN2OS. The maximum atomic E-state index is 6.13. The fourth-order valence-corrected chi connectivity index (χ4v) is 3.37. The molecule has 0 spiro atoms. The fourth-order valence-electron chi connectivity index (χ4n) is 2.03. The molecule has 1 rings (SSSR count). The monoisotopic (exact) mass is 330 g/mol. The summed E-state index contributed by atoms with van der Waals surface area (Å²) < 4.78 is 5.05. The third-order valence-electron chi connectivity index (χ3n) is 3.39. The Kier molecular flexibility index (Phi) is 10.1. The van der Waals surface area contributed by atoms with E-state index >= 15 is 0 Å². The predicted molar refractivity (Wildman–Crippen MR) is 93.5 cm³/mol. The number of nitrogens with one attached hydrogen (secondary N) is 1. The number of nitrogens with zero attached hydrogens (tertiary/aromatic N) is 1. The van der Waals surface area contributed by atoms with Crippen molar-refractivity contribution >= 4 is 23.4 Å². The van der Waals surface area contributed by atoms with Crippen LogP contribution in [0.4, 0.5) is 0 Å². The second-order valence-electron chi connectivity index (χ2n) is 4.80. The van der Waals surface area contributed by atoms with Crippen molar-refractivity contribution in [3.05, 3.63) is 28.8 Å². The molecule has 3 nitrogen and oxygen atoms in total. The number of benzene rings is 1. The topological polar surface area (TPSA) is 24.5 Å². The van der Waals surface area contributed by atoms with Gasteiger partial charge in [0, 0.05) is 42.4 Å². The Labute approximate surface area is 138 Å². The lowest BCUT2D eigenvalue weighted by molar-refractivity contribution is 0.199. The zero-order valence-corrected chi connectivity index (χ0v) is 14.9. The Morgan fingerprint density at radius 2 is 2.05 bits per heavy atom. The van der Waals surface area contributed by atoms with Crippen LogP contribution in [-0.2, 0) is 11.3 Å². The summed E-state index contributed by atoms with van der Waals surface area (Å²) >= 11 is 8.02. The predicted octanol–water partition coefficient (Wildman–Crippen LogP) is 3.51. The molecule has 0 amide bonds. The van der Waals surface area contributed by atoms with Gasteiger partial charge in [-0.15, -0.1) is 11.8 Å². The Morgan fingerprint density at radius 1 is 1.29 bits per heavy atom. The largest absolute Gasteiger partial charge is 0.383 e. The number of methoxy groups -OCH3 is 1. The maximum Gasteiger partial charge on any atom is 0.0587 e. The summed E-state index contributed by atoms with van der Waals surface area (Å²) in [4.78, 5) is 3.72. The SMILES string of the molecule is CCN(CC)CCSc1cc(Cl)ccc1CNCCOC. The van der Waals surface area contributed by atoms with E-state index in [1.54, 1.807) is 7.11 Å². The normalized spacial score (nSPS) is 11.3. The number of ether oxygens (including phenoxy) is 1. The summed E-state index contributed by atoms with van der Waals surface area (Å²) in [5.74, 6) is 1.09. The van der Waals surface area contributed by atoms with Gasteiger partial charge in [-0.25, -0.2) is 0 Å². The van der Waals surface area contributed by atoms with E-state index in [1.807, 2.05) is 17.8 Å². The average Bonchev–Trinajstić information content (AvgIpc) is 2.50. The van der Waals surface area contributed by atoms with E-state index in [4.69, 9.17) is 16.3 Å². The zero-order valence-electron chi connectivity index (χ0n) is 13.3. The van der Waals surface area contributed by atoms with Crippen LogP contribution < -0.4 is 5.32 Å². The highest BCUT2D eigenvalue weighted by molar-refractivity contribution is 7.99. The summed E-state index contributed by atoms with van der Waals surface area (Å²) in [5.41, 5.74) is 1.31. The van der Waals surface area contributed by atoms with Crippen molar-refractivity contribution in [2.75, 3.05) is 45.6 Å². The van der Waals surface area contributed by atoms with E-state index < -0.39 is 0 Å². The van der Waals surface area contributed by atoms with Crippen LogP contribution >= 0.6 is 23.4 Å². The van der Waals surface area contributed by atoms with Gasteiger partial charge < -0.3 is 15.0 Å². The maximum absolute atomic E-state index is 6.13. The van der Waals surface area contributed by atoms with Gasteiger partial charge in [-0.3, -0.25) is 0 Å². The smallest absolute Gasteiger partial charge is 0.0587 e. The molecule has 0 atom stereocenters. The van der Waals surface area contributed by atoms with Crippen LogP contribution in [0.1, 0.15) is 19.4 Å². The molecule has 5 heteroatoms. The molecule has 0 saturated heterocycles. The molecule has 0 fully saturated rings. The highest BCUT2D eigenvalue weighted by Crippen LogP contribution is 2.26. The molecule has 0 saturated carbocycles. The molecule has 1 aromatic carbocycles. The van der Waals surface area contributed by atoms with E-state index in [1.165, 1.54) is 10.5 Å². The van der Waals surface area contributed by atoms with Crippen molar-refractivity contribution < 1.29 is 4.74 Å². The van der Waals surface area contributed by atoms with Crippen LogP contribution in [0.2, 0.25) is 5.02 Å². The van der Waals surface area contributed by atoms with Crippen LogP contribution in [0, 0.1) is 0 Å².